The van der Waals surface area contributed by atoms with Gasteiger partial charge in [0.1, 0.15) is 6.26 Å². The van der Waals surface area contributed by atoms with Crippen LogP contribution in [0.25, 0.3) is 0 Å². The molecular formula is C19H23ClN2O3. The molecule has 0 saturated carbocycles. The Morgan fingerprint density at radius 3 is 3.04 bits per heavy atom. The Hall–Kier alpha value is -1.85. The van der Waals surface area contributed by atoms with Gasteiger partial charge in [0.25, 0.3) is 0 Å². The predicted molar refractivity (Wildman–Crippen MR) is 95.2 cm³/mol. The van der Waals surface area contributed by atoms with Gasteiger partial charge >= 0.3 is 5.97 Å². The van der Waals surface area contributed by atoms with Gasteiger partial charge in [-0.1, -0.05) is 28.9 Å². The van der Waals surface area contributed by atoms with Crippen LogP contribution in [0.15, 0.2) is 41.1 Å². The van der Waals surface area contributed by atoms with Crippen LogP contribution in [0.2, 0.25) is 5.02 Å². The second kappa shape index (κ2) is 8.02. The third kappa shape index (κ3) is 4.41. The minimum absolute atomic E-state index is 0.125. The molecule has 0 aliphatic carbocycles. The third-order valence-corrected chi connectivity index (χ3v) is 4.91. The summed E-state index contributed by atoms with van der Waals surface area (Å²) in [6.07, 6.45) is 3.95. The van der Waals surface area contributed by atoms with Gasteiger partial charge < -0.3 is 9.26 Å². The zero-order chi connectivity index (χ0) is 17.7. The van der Waals surface area contributed by atoms with Crippen molar-refractivity contribution >= 4 is 17.6 Å². The quantitative estimate of drug-likeness (QED) is 0.733. The van der Waals surface area contributed by atoms with E-state index >= 15 is 0 Å². The van der Waals surface area contributed by atoms with Crippen LogP contribution in [-0.2, 0) is 22.5 Å². The highest BCUT2D eigenvalue weighted by Gasteiger charge is 2.43. The number of nitrogens with zero attached hydrogens (tertiary/aromatic N) is 2. The molecule has 1 aromatic carbocycles. The van der Waals surface area contributed by atoms with E-state index in [2.05, 4.69) is 10.1 Å². The molecule has 1 saturated heterocycles. The van der Waals surface area contributed by atoms with Gasteiger partial charge in [-0.05, 0) is 50.4 Å². The summed E-state index contributed by atoms with van der Waals surface area (Å²) in [5.74, 6) is -0.125. The first-order valence-corrected chi connectivity index (χ1v) is 9.02. The normalized spacial score (nSPS) is 21.2. The van der Waals surface area contributed by atoms with E-state index in [1.54, 1.807) is 6.26 Å². The number of halogens is 1. The second-order valence-electron chi connectivity index (χ2n) is 6.61. The lowest BCUT2D eigenvalue weighted by Gasteiger charge is -2.41. The molecule has 6 heteroatoms. The van der Waals surface area contributed by atoms with Crippen molar-refractivity contribution in [1.29, 1.82) is 0 Å². The maximum absolute atomic E-state index is 12.8. The van der Waals surface area contributed by atoms with Crippen LogP contribution in [0.4, 0.5) is 0 Å². The van der Waals surface area contributed by atoms with Gasteiger partial charge in [0, 0.05) is 24.2 Å². The number of ether oxygens (including phenoxy) is 1. The molecule has 1 unspecified atom stereocenters. The molecule has 1 fully saturated rings. The number of carbonyl (C=O) groups excluding carboxylic acids is 1. The van der Waals surface area contributed by atoms with Crippen LogP contribution >= 0.6 is 11.6 Å². The Morgan fingerprint density at radius 2 is 2.32 bits per heavy atom. The molecule has 0 bridgehead atoms. The highest BCUT2D eigenvalue weighted by molar-refractivity contribution is 6.30. The van der Waals surface area contributed by atoms with Gasteiger partial charge in [-0.15, -0.1) is 0 Å². The number of hydrogen-bond acceptors (Lipinski definition) is 5. The van der Waals surface area contributed by atoms with E-state index in [-0.39, 0.29) is 5.97 Å². The number of aromatic nitrogens is 1. The summed E-state index contributed by atoms with van der Waals surface area (Å²) in [6, 6.07) is 9.58. The predicted octanol–water partition coefficient (Wildman–Crippen LogP) is 3.72. The first-order chi connectivity index (χ1) is 12.1. The molecule has 2 aromatic rings. The Morgan fingerprint density at radius 1 is 1.44 bits per heavy atom. The van der Waals surface area contributed by atoms with Gasteiger partial charge in [0.05, 0.1) is 17.7 Å². The number of esters is 1. The first-order valence-electron chi connectivity index (χ1n) is 8.64. The molecule has 1 aliphatic rings. The molecule has 0 spiro atoms. The number of hydrogen-bond donors (Lipinski definition) is 0. The SMILES string of the molecule is CCOC(=O)C1(Cc2cccc(Cl)c2)CCCN(Cc2ccon2)C1. The fraction of sp³-hybridized carbons (Fsp3) is 0.474. The summed E-state index contributed by atoms with van der Waals surface area (Å²) in [7, 11) is 0. The maximum atomic E-state index is 12.8. The standard InChI is InChI=1S/C19H23ClN2O3/c1-2-24-18(23)19(12-15-5-3-6-16(20)11-15)8-4-9-22(14-19)13-17-7-10-25-21-17/h3,5-7,10-11H,2,4,8-9,12-14H2,1H3. The van der Waals surface area contributed by atoms with Crippen LogP contribution in [0.1, 0.15) is 31.0 Å². The average molecular weight is 363 g/mol. The number of carbonyl (C=O) groups is 1. The van der Waals surface area contributed by atoms with Crippen molar-refractivity contribution in [2.45, 2.75) is 32.7 Å². The number of benzene rings is 1. The van der Waals surface area contributed by atoms with Gasteiger partial charge in [-0.2, -0.15) is 0 Å². The number of rotatable bonds is 6. The summed E-state index contributed by atoms with van der Waals surface area (Å²) in [6.45, 7) is 4.49. The molecule has 2 heterocycles. The fourth-order valence-corrected chi connectivity index (χ4v) is 3.83. The Labute approximate surface area is 152 Å². The van der Waals surface area contributed by atoms with Crippen molar-refractivity contribution in [3.05, 3.63) is 52.9 Å². The summed E-state index contributed by atoms with van der Waals surface area (Å²) < 4.78 is 10.4. The molecule has 3 rings (SSSR count). The van der Waals surface area contributed by atoms with Crippen LogP contribution in [0, 0.1) is 5.41 Å². The molecular weight excluding hydrogens is 340 g/mol. The Balaban J connectivity index is 1.81. The summed E-state index contributed by atoms with van der Waals surface area (Å²) in [4.78, 5) is 15.1. The number of piperidine rings is 1. The van der Waals surface area contributed by atoms with Crippen LogP contribution in [0.5, 0.6) is 0 Å². The Bertz CT molecular complexity index is 704. The molecule has 134 valence electrons. The van der Waals surface area contributed by atoms with Gasteiger partial charge in [-0.25, -0.2) is 0 Å². The molecule has 0 N–H and O–H groups in total. The summed E-state index contributed by atoms with van der Waals surface area (Å²) in [5.41, 5.74) is 1.38. The fourth-order valence-electron chi connectivity index (χ4n) is 3.62. The van der Waals surface area contributed by atoms with Crippen LogP contribution in [0.3, 0.4) is 0 Å². The van der Waals surface area contributed by atoms with E-state index in [4.69, 9.17) is 20.9 Å². The minimum Gasteiger partial charge on any atom is -0.466 e. The lowest BCUT2D eigenvalue weighted by molar-refractivity contribution is -0.159. The lowest BCUT2D eigenvalue weighted by Crippen LogP contribution is -2.49. The van der Waals surface area contributed by atoms with Crippen molar-refractivity contribution in [2.24, 2.45) is 5.41 Å². The molecule has 1 atom stereocenters. The van der Waals surface area contributed by atoms with Crippen molar-refractivity contribution in [3.63, 3.8) is 0 Å². The summed E-state index contributed by atoms with van der Waals surface area (Å²) >= 11 is 6.13. The molecule has 5 nitrogen and oxygen atoms in total. The van der Waals surface area contributed by atoms with Gasteiger partial charge in [0.2, 0.25) is 0 Å². The number of likely N-dealkylation sites (tertiary alicyclic amines) is 1. The van der Waals surface area contributed by atoms with Crippen LogP contribution < -0.4 is 0 Å². The maximum Gasteiger partial charge on any atom is 0.313 e. The Kier molecular flexibility index (Phi) is 5.76. The van der Waals surface area contributed by atoms with Crippen molar-refractivity contribution in [2.75, 3.05) is 19.7 Å². The topological polar surface area (TPSA) is 55.6 Å². The molecule has 1 aliphatic heterocycles. The highest BCUT2D eigenvalue weighted by atomic mass is 35.5. The van der Waals surface area contributed by atoms with Crippen molar-refractivity contribution in [3.8, 4) is 0 Å². The molecule has 0 radical (unpaired) electrons. The van der Waals surface area contributed by atoms with Crippen molar-refractivity contribution < 1.29 is 14.1 Å². The molecule has 25 heavy (non-hydrogen) atoms. The largest absolute Gasteiger partial charge is 0.466 e. The zero-order valence-corrected chi connectivity index (χ0v) is 15.2. The first kappa shape index (κ1) is 18.0. The van der Waals surface area contributed by atoms with E-state index in [1.807, 2.05) is 37.3 Å². The highest BCUT2D eigenvalue weighted by Crippen LogP contribution is 2.36. The lowest BCUT2D eigenvalue weighted by atomic mass is 9.75. The summed E-state index contributed by atoms with van der Waals surface area (Å²) in [5, 5.41) is 4.67. The van der Waals surface area contributed by atoms with E-state index in [0.29, 0.717) is 31.1 Å². The molecule has 1 aromatic heterocycles. The van der Waals surface area contributed by atoms with E-state index in [9.17, 15) is 4.79 Å². The van der Waals surface area contributed by atoms with Crippen LogP contribution in [-0.4, -0.2) is 35.7 Å². The minimum atomic E-state index is -0.553. The average Bonchev–Trinajstić information content (AvgIpc) is 3.08. The van der Waals surface area contributed by atoms with Gasteiger partial charge in [-0.3, -0.25) is 9.69 Å². The van der Waals surface area contributed by atoms with E-state index in [1.165, 1.54) is 0 Å². The third-order valence-electron chi connectivity index (χ3n) is 4.67. The van der Waals surface area contributed by atoms with E-state index in [0.717, 1.165) is 30.6 Å². The zero-order valence-electron chi connectivity index (χ0n) is 14.4. The van der Waals surface area contributed by atoms with Gasteiger partial charge in [0.15, 0.2) is 0 Å². The molecule has 0 amide bonds. The van der Waals surface area contributed by atoms with E-state index < -0.39 is 5.41 Å². The second-order valence-corrected chi connectivity index (χ2v) is 7.05. The smallest absolute Gasteiger partial charge is 0.313 e. The monoisotopic (exact) mass is 362 g/mol. The van der Waals surface area contributed by atoms with Crippen molar-refractivity contribution in [1.82, 2.24) is 10.1 Å².